The molecule has 0 bridgehead atoms. The molecule has 1 unspecified atom stereocenters. The van der Waals surface area contributed by atoms with E-state index < -0.39 is 6.10 Å². The lowest BCUT2D eigenvalue weighted by atomic mass is 10.2. The molecule has 2 aromatic rings. The second-order valence-corrected chi connectivity index (χ2v) is 6.01. The highest BCUT2D eigenvalue weighted by atomic mass is 35.5. The van der Waals surface area contributed by atoms with E-state index >= 15 is 0 Å². The molecule has 1 amide bonds. The number of thiophene rings is 1. The normalized spacial score (nSPS) is 12.1. The van der Waals surface area contributed by atoms with E-state index in [0.717, 1.165) is 6.42 Å². The number of nitrogens with one attached hydrogen (secondary N) is 1. The highest BCUT2D eigenvalue weighted by Gasteiger charge is 2.14. The van der Waals surface area contributed by atoms with Gasteiger partial charge in [0.1, 0.15) is 6.10 Å². The van der Waals surface area contributed by atoms with Gasteiger partial charge in [0.2, 0.25) is 0 Å². The van der Waals surface area contributed by atoms with E-state index in [4.69, 9.17) is 22.1 Å². The Morgan fingerprint density at radius 3 is 2.95 bits per heavy atom. The molecule has 0 aliphatic heterocycles. The van der Waals surface area contributed by atoms with Gasteiger partial charge in [0.25, 0.3) is 5.91 Å². The van der Waals surface area contributed by atoms with Crippen molar-refractivity contribution >= 4 is 40.2 Å². The van der Waals surface area contributed by atoms with Crippen molar-refractivity contribution in [3.8, 4) is 0 Å². The number of nitrogen functional groups attached to an aromatic ring is 1. The van der Waals surface area contributed by atoms with E-state index in [1.165, 1.54) is 4.88 Å². The zero-order valence-electron chi connectivity index (χ0n) is 11.6. The Hall–Kier alpha value is -1.56. The smallest absolute Gasteiger partial charge is 0.253 e. The van der Waals surface area contributed by atoms with Gasteiger partial charge in [0.15, 0.2) is 0 Å². The fourth-order valence-electron chi connectivity index (χ4n) is 1.73. The highest BCUT2D eigenvalue weighted by Crippen LogP contribution is 2.24. The summed E-state index contributed by atoms with van der Waals surface area (Å²) in [5.41, 5.74) is 6.70. The number of carbonyl (C=O) groups is 1. The van der Waals surface area contributed by atoms with Crippen molar-refractivity contribution in [1.82, 2.24) is 0 Å². The predicted molar refractivity (Wildman–Crippen MR) is 87.9 cm³/mol. The maximum atomic E-state index is 12.0. The molecule has 0 aliphatic carbocycles. The molecule has 112 valence electrons. The van der Waals surface area contributed by atoms with Gasteiger partial charge in [0, 0.05) is 17.0 Å². The molecule has 4 nitrogen and oxygen atoms in total. The summed E-state index contributed by atoms with van der Waals surface area (Å²) >= 11 is 7.70. The largest absolute Gasteiger partial charge is 0.399 e. The van der Waals surface area contributed by atoms with E-state index in [1.54, 1.807) is 36.5 Å². The Labute approximate surface area is 132 Å². The molecular weight excluding hydrogens is 308 g/mol. The average Bonchev–Trinajstić information content (AvgIpc) is 2.95. The Morgan fingerprint density at radius 2 is 2.29 bits per heavy atom. The standard InChI is InChI=1S/C15H17ClN2O2S/c1-10(20-7-6-12-3-2-8-21-12)15(19)18-14-5-4-11(17)9-13(14)16/h2-5,8-10H,6-7,17H2,1H3,(H,18,19). The lowest BCUT2D eigenvalue weighted by Gasteiger charge is -2.14. The third kappa shape index (κ3) is 4.74. The van der Waals surface area contributed by atoms with Gasteiger partial charge in [-0.25, -0.2) is 0 Å². The molecule has 0 aliphatic rings. The predicted octanol–water partition coefficient (Wildman–Crippen LogP) is 3.57. The lowest BCUT2D eigenvalue weighted by molar-refractivity contribution is -0.126. The molecule has 0 spiro atoms. The maximum absolute atomic E-state index is 12.0. The first kappa shape index (κ1) is 15.8. The van der Waals surface area contributed by atoms with Crippen LogP contribution in [0.5, 0.6) is 0 Å². The number of amides is 1. The van der Waals surface area contributed by atoms with Crippen molar-refractivity contribution < 1.29 is 9.53 Å². The monoisotopic (exact) mass is 324 g/mol. The summed E-state index contributed by atoms with van der Waals surface area (Å²) in [4.78, 5) is 13.3. The van der Waals surface area contributed by atoms with Crippen LogP contribution in [0.4, 0.5) is 11.4 Å². The molecule has 3 N–H and O–H groups in total. The third-order valence-corrected chi connectivity index (χ3v) is 4.17. The molecule has 1 aromatic carbocycles. The Morgan fingerprint density at radius 1 is 1.48 bits per heavy atom. The number of ether oxygens (including phenoxy) is 1. The number of hydrogen-bond donors (Lipinski definition) is 2. The van der Waals surface area contributed by atoms with Crippen molar-refractivity contribution in [1.29, 1.82) is 0 Å². The van der Waals surface area contributed by atoms with Crippen LogP contribution in [0.15, 0.2) is 35.7 Å². The van der Waals surface area contributed by atoms with E-state index in [0.29, 0.717) is 23.0 Å². The van der Waals surface area contributed by atoms with E-state index in [9.17, 15) is 4.79 Å². The van der Waals surface area contributed by atoms with Crippen LogP contribution in [0.1, 0.15) is 11.8 Å². The molecule has 1 atom stereocenters. The Kier molecular flexibility index (Phi) is 5.61. The van der Waals surface area contributed by atoms with Crippen LogP contribution in [0.25, 0.3) is 0 Å². The van der Waals surface area contributed by atoms with Crippen molar-refractivity contribution in [2.45, 2.75) is 19.4 Å². The molecule has 1 aromatic heterocycles. The van der Waals surface area contributed by atoms with E-state index in [2.05, 4.69) is 5.32 Å². The van der Waals surface area contributed by atoms with Crippen LogP contribution in [0.3, 0.4) is 0 Å². The summed E-state index contributed by atoms with van der Waals surface area (Å²) in [7, 11) is 0. The van der Waals surface area contributed by atoms with Crippen molar-refractivity contribution in [2.75, 3.05) is 17.7 Å². The summed E-state index contributed by atoms with van der Waals surface area (Å²) < 4.78 is 5.54. The van der Waals surface area contributed by atoms with Crippen LogP contribution < -0.4 is 11.1 Å². The minimum Gasteiger partial charge on any atom is -0.399 e. The first-order chi connectivity index (χ1) is 10.1. The van der Waals surface area contributed by atoms with Gasteiger partial charge < -0.3 is 15.8 Å². The van der Waals surface area contributed by atoms with Gasteiger partial charge in [-0.15, -0.1) is 11.3 Å². The number of nitrogens with two attached hydrogens (primary N) is 1. The van der Waals surface area contributed by atoms with Gasteiger partial charge in [-0.05, 0) is 36.6 Å². The highest BCUT2D eigenvalue weighted by molar-refractivity contribution is 7.09. The van der Waals surface area contributed by atoms with Gasteiger partial charge in [-0.2, -0.15) is 0 Å². The van der Waals surface area contributed by atoms with Crippen LogP contribution in [-0.4, -0.2) is 18.6 Å². The van der Waals surface area contributed by atoms with Gasteiger partial charge in [-0.1, -0.05) is 17.7 Å². The fourth-order valence-corrected chi connectivity index (χ4v) is 2.66. The summed E-state index contributed by atoms with van der Waals surface area (Å²) in [6.07, 6.45) is 0.261. The molecule has 0 radical (unpaired) electrons. The van der Waals surface area contributed by atoms with Crippen LogP contribution in [-0.2, 0) is 16.0 Å². The molecule has 1 heterocycles. The second kappa shape index (κ2) is 7.45. The summed E-state index contributed by atoms with van der Waals surface area (Å²) in [6.45, 7) is 2.22. The minimum absolute atomic E-state index is 0.229. The van der Waals surface area contributed by atoms with Crippen LogP contribution >= 0.6 is 22.9 Å². The van der Waals surface area contributed by atoms with E-state index in [-0.39, 0.29) is 5.91 Å². The topological polar surface area (TPSA) is 64.3 Å². The minimum atomic E-state index is -0.543. The van der Waals surface area contributed by atoms with Crippen LogP contribution in [0.2, 0.25) is 5.02 Å². The molecule has 2 rings (SSSR count). The molecule has 0 fully saturated rings. The molecule has 6 heteroatoms. The number of carbonyl (C=O) groups excluding carboxylic acids is 1. The van der Waals surface area contributed by atoms with Crippen molar-refractivity contribution in [3.63, 3.8) is 0 Å². The Balaban J connectivity index is 1.81. The quantitative estimate of drug-likeness (QED) is 0.798. The number of anilines is 2. The van der Waals surface area contributed by atoms with Gasteiger partial charge in [0.05, 0.1) is 17.3 Å². The summed E-state index contributed by atoms with van der Waals surface area (Å²) in [5, 5.41) is 5.17. The first-order valence-electron chi connectivity index (χ1n) is 6.56. The first-order valence-corrected chi connectivity index (χ1v) is 7.82. The third-order valence-electron chi connectivity index (χ3n) is 2.92. The molecular formula is C15H17ClN2O2S. The lowest BCUT2D eigenvalue weighted by Crippen LogP contribution is -2.28. The SMILES string of the molecule is CC(OCCc1cccs1)C(=O)Nc1ccc(N)cc1Cl. The maximum Gasteiger partial charge on any atom is 0.253 e. The van der Waals surface area contributed by atoms with Crippen LogP contribution in [0, 0.1) is 0 Å². The average molecular weight is 325 g/mol. The van der Waals surface area contributed by atoms with Gasteiger partial charge >= 0.3 is 0 Å². The van der Waals surface area contributed by atoms with Crippen molar-refractivity contribution in [3.05, 3.63) is 45.6 Å². The summed E-state index contributed by atoms with van der Waals surface area (Å²) in [6, 6.07) is 9.00. The number of hydrogen-bond acceptors (Lipinski definition) is 4. The van der Waals surface area contributed by atoms with E-state index in [1.807, 2.05) is 17.5 Å². The number of rotatable bonds is 6. The number of halogens is 1. The molecule has 0 saturated carbocycles. The fraction of sp³-hybridized carbons (Fsp3) is 0.267. The zero-order valence-corrected chi connectivity index (χ0v) is 13.2. The molecule has 21 heavy (non-hydrogen) atoms. The Bertz CT molecular complexity index is 602. The molecule has 0 saturated heterocycles. The van der Waals surface area contributed by atoms with Gasteiger partial charge in [-0.3, -0.25) is 4.79 Å². The zero-order chi connectivity index (χ0) is 15.2. The number of benzene rings is 1. The van der Waals surface area contributed by atoms with Crippen molar-refractivity contribution in [2.24, 2.45) is 0 Å². The summed E-state index contributed by atoms with van der Waals surface area (Å²) in [5.74, 6) is -0.229. The second-order valence-electron chi connectivity index (χ2n) is 4.57.